The van der Waals surface area contributed by atoms with Crippen molar-refractivity contribution >= 4 is 11.6 Å². The minimum atomic E-state index is 0.669. The Morgan fingerprint density at radius 2 is 2.26 bits per heavy atom. The highest BCUT2D eigenvalue weighted by Crippen LogP contribution is 2.24. The van der Waals surface area contributed by atoms with Crippen LogP contribution in [0.4, 0.5) is 0 Å². The molecule has 0 aliphatic carbocycles. The molecule has 0 unspecified atom stereocenters. The monoisotopic (exact) mass is 285 g/mol. The molecule has 1 aromatic heterocycles. The van der Waals surface area contributed by atoms with Crippen molar-refractivity contribution in [2.75, 3.05) is 26.3 Å². The number of aryl methyl sites for hydroxylation is 2. The third-order valence-electron chi connectivity index (χ3n) is 3.72. The Labute approximate surface area is 120 Å². The van der Waals surface area contributed by atoms with Gasteiger partial charge >= 0.3 is 0 Å². The van der Waals surface area contributed by atoms with Crippen LogP contribution in [0.2, 0.25) is 5.15 Å². The summed E-state index contributed by atoms with van der Waals surface area (Å²) < 4.78 is 7.40. The number of rotatable bonds is 6. The second kappa shape index (κ2) is 6.73. The maximum atomic E-state index is 6.28. The first-order valence-electron chi connectivity index (χ1n) is 7.09. The van der Waals surface area contributed by atoms with Crippen molar-refractivity contribution in [3.05, 3.63) is 16.4 Å². The van der Waals surface area contributed by atoms with E-state index in [9.17, 15) is 0 Å². The Morgan fingerprint density at radius 1 is 1.47 bits per heavy atom. The SMILES string of the molecule is CCCOC[C@@H]1CCN(Cc2c(C)nn(C)c2Cl)C1. The van der Waals surface area contributed by atoms with Gasteiger partial charge in [0, 0.05) is 32.3 Å². The van der Waals surface area contributed by atoms with Gasteiger partial charge in [-0.3, -0.25) is 9.58 Å². The van der Waals surface area contributed by atoms with Gasteiger partial charge in [0.15, 0.2) is 0 Å². The molecule has 0 saturated carbocycles. The van der Waals surface area contributed by atoms with Crippen LogP contribution in [0.25, 0.3) is 0 Å². The number of nitrogens with zero attached hydrogens (tertiary/aromatic N) is 3. The molecule has 0 amide bonds. The van der Waals surface area contributed by atoms with Gasteiger partial charge in [0.05, 0.1) is 12.3 Å². The van der Waals surface area contributed by atoms with E-state index in [2.05, 4.69) is 16.9 Å². The number of aromatic nitrogens is 2. The van der Waals surface area contributed by atoms with Crippen molar-refractivity contribution in [2.45, 2.75) is 33.2 Å². The number of likely N-dealkylation sites (tertiary alicyclic amines) is 1. The van der Waals surface area contributed by atoms with E-state index in [0.717, 1.165) is 50.1 Å². The molecule has 5 heteroatoms. The second-order valence-corrected chi connectivity index (χ2v) is 5.80. The molecule has 0 bridgehead atoms. The lowest BCUT2D eigenvalue weighted by molar-refractivity contribution is 0.101. The van der Waals surface area contributed by atoms with Crippen LogP contribution in [0.3, 0.4) is 0 Å². The molecule has 19 heavy (non-hydrogen) atoms. The van der Waals surface area contributed by atoms with Gasteiger partial charge in [0.2, 0.25) is 0 Å². The lowest BCUT2D eigenvalue weighted by Crippen LogP contribution is -2.22. The maximum absolute atomic E-state index is 6.28. The zero-order chi connectivity index (χ0) is 13.8. The Balaban J connectivity index is 1.84. The smallest absolute Gasteiger partial charge is 0.131 e. The highest BCUT2D eigenvalue weighted by Gasteiger charge is 2.24. The summed E-state index contributed by atoms with van der Waals surface area (Å²) in [5.74, 6) is 0.669. The van der Waals surface area contributed by atoms with Gasteiger partial charge < -0.3 is 4.74 Å². The van der Waals surface area contributed by atoms with Gasteiger partial charge in [-0.2, -0.15) is 5.10 Å². The third kappa shape index (κ3) is 3.71. The van der Waals surface area contributed by atoms with E-state index in [4.69, 9.17) is 16.3 Å². The predicted octanol–water partition coefficient (Wildman–Crippen LogP) is 2.63. The van der Waals surface area contributed by atoms with E-state index in [1.807, 2.05) is 14.0 Å². The van der Waals surface area contributed by atoms with Crippen LogP contribution >= 0.6 is 11.6 Å². The number of ether oxygens (including phenoxy) is 1. The van der Waals surface area contributed by atoms with E-state index in [0.29, 0.717) is 5.92 Å². The first-order valence-corrected chi connectivity index (χ1v) is 7.47. The van der Waals surface area contributed by atoms with E-state index in [1.54, 1.807) is 4.68 Å². The van der Waals surface area contributed by atoms with Crippen molar-refractivity contribution in [3.8, 4) is 0 Å². The molecule has 1 fully saturated rings. The summed E-state index contributed by atoms with van der Waals surface area (Å²) >= 11 is 6.28. The summed E-state index contributed by atoms with van der Waals surface area (Å²) in [7, 11) is 1.89. The zero-order valence-electron chi connectivity index (χ0n) is 12.2. The molecular weight excluding hydrogens is 262 g/mol. The normalized spacial score (nSPS) is 20.3. The highest BCUT2D eigenvalue weighted by atomic mass is 35.5. The van der Waals surface area contributed by atoms with Crippen LogP contribution < -0.4 is 0 Å². The van der Waals surface area contributed by atoms with Gasteiger partial charge in [-0.25, -0.2) is 0 Å². The van der Waals surface area contributed by atoms with E-state index < -0.39 is 0 Å². The molecule has 0 aromatic carbocycles. The molecule has 1 aromatic rings. The van der Waals surface area contributed by atoms with Crippen LogP contribution in [-0.4, -0.2) is 41.0 Å². The minimum Gasteiger partial charge on any atom is -0.381 e. The molecule has 2 heterocycles. The Kier molecular flexibility index (Phi) is 5.25. The topological polar surface area (TPSA) is 30.3 Å². The van der Waals surface area contributed by atoms with Gasteiger partial charge in [0.1, 0.15) is 5.15 Å². The average Bonchev–Trinajstić information content (AvgIpc) is 2.91. The summed E-state index contributed by atoms with van der Waals surface area (Å²) in [4.78, 5) is 2.45. The average molecular weight is 286 g/mol. The Hall–Kier alpha value is -0.580. The standard InChI is InChI=1S/C14H24ClN3O/c1-4-7-19-10-12-5-6-18(8-12)9-13-11(2)16-17(3)14(13)15/h12H,4-10H2,1-3H3/t12-/m1/s1. The lowest BCUT2D eigenvalue weighted by Gasteiger charge is -2.16. The van der Waals surface area contributed by atoms with E-state index in [1.165, 1.54) is 12.0 Å². The molecule has 0 N–H and O–H groups in total. The lowest BCUT2D eigenvalue weighted by atomic mass is 10.1. The summed E-state index contributed by atoms with van der Waals surface area (Å²) in [5.41, 5.74) is 2.21. The first-order chi connectivity index (χ1) is 9.11. The van der Waals surface area contributed by atoms with Crippen molar-refractivity contribution in [1.29, 1.82) is 0 Å². The summed E-state index contributed by atoms with van der Waals surface area (Å²) in [5, 5.41) is 5.13. The number of hydrogen-bond acceptors (Lipinski definition) is 3. The van der Waals surface area contributed by atoms with Crippen molar-refractivity contribution in [3.63, 3.8) is 0 Å². The molecule has 108 valence electrons. The quantitative estimate of drug-likeness (QED) is 0.753. The largest absolute Gasteiger partial charge is 0.381 e. The van der Waals surface area contributed by atoms with Crippen LogP contribution in [0.15, 0.2) is 0 Å². The number of halogens is 1. The van der Waals surface area contributed by atoms with Crippen LogP contribution in [0, 0.1) is 12.8 Å². The molecule has 4 nitrogen and oxygen atoms in total. The molecule has 0 spiro atoms. The molecule has 0 radical (unpaired) electrons. The molecule has 2 rings (SSSR count). The predicted molar refractivity (Wildman–Crippen MR) is 77.4 cm³/mol. The van der Waals surface area contributed by atoms with Gasteiger partial charge in [0.25, 0.3) is 0 Å². The second-order valence-electron chi connectivity index (χ2n) is 5.44. The van der Waals surface area contributed by atoms with Gasteiger partial charge in [-0.15, -0.1) is 0 Å². The van der Waals surface area contributed by atoms with Crippen molar-refractivity contribution < 1.29 is 4.74 Å². The van der Waals surface area contributed by atoms with E-state index >= 15 is 0 Å². The van der Waals surface area contributed by atoms with E-state index in [-0.39, 0.29) is 0 Å². The Morgan fingerprint density at radius 3 is 2.89 bits per heavy atom. The summed E-state index contributed by atoms with van der Waals surface area (Å²) in [6.45, 7) is 9.09. The van der Waals surface area contributed by atoms with Crippen LogP contribution in [0.5, 0.6) is 0 Å². The number of hydrogen-bond donors (Lipinski definition) is 0. The highest BCUT2D eigenvalue weighted by molar-refractivity contribution is 6.30. The fraction of sp³-hybridized carbons (Fsp3) is 0.786. The molecule has 1 saturated heterocycles. The fourth-order valence-corrected chi connectivity index (χ4v) is 2.90. The molecular formula is C14H24ClN3O. The molecule has 1 aliphatic heterocycles. The van der Waals surface area contributed by atoms with Gasteiger partial charge in [-0.05, 0) is 32.2 Å². The summed E-state index contributed by atoms with van der Waals surface area (Å²) in [6.07, 6.45) is 2.32. The van der Waals surface area contributed by atoms with Crippen LogP contribution in [0.1, 0.15) is 31.0 Å². The van der Waals surface area contributed by atoms with Crippen molar-refractivity contribution in [2.24, 2.45) is 13.0 Å². The first kappa shape index (κ1) is 14.8. The zero-order valence-corrected chi connectivity index (χ0v) is 12.9. The minimum absolute atomic E-state index is 0.669. The molecule has 1 aliphatic rings. The van der Waals surface area contributed by atoms with Gasteiger partial charge in [-0.1, -0.05) is 18.5 Å². The maximum Gasteiger partial charge on any atom is 0.131 e. The van der Waals surface area contributed by atoms with Crippen LogP contribution in [-0.2, 0) is 18.3 Å². The third-order valence-corrected chi connectivity index (χ3v) is 4.20. The Bertz CT molecular complexity index is 419. The fourth-order valence-electron chi connectivity index (χ4n) is 2.66. The summed E-state index contributed by atoms with van der Waals surface area (Å²) in [6, 6.07) is 0. The van der Waals surface area contributed by atoms with Crippen molar-refractivity contribution in [1.82, 2.24) is 14.7 Å². The molecule has 1 atom stereocenters.